The Morgan fingerprint density at radius 3 is 2.61 bits per heavy atom. The van der Waals surface area contributed by atoms with Gasteiger partial charge < -0.3 is 19.9 Å². The zero-order valence-electron chi connectivity index (χ0n) is 18.8. The molecular weight excluding hydrogens is 414 g/mol. The van der Waals surface area contributed by atoms with Crippen molar-refractivity contribution in [1.29, 1.82) is 0 Å². The first-order chi connectivity index (χ1) is 15.0. The monoisotopic (exact) mass is 449 g/mol. The second-order valence-corrected chi connectivity index (χ2v) is 10.1. The summed E-state index contributed by atoms with van der Waals surface area (Å²) in [4.78, 5) is 37.7. The third-order valence-corrected chi connectivity index (χ3v) is 7.67. The summed E-state index contributed by atoms with van der Waals surface area (Å²) in [6.45, 7) is 12.2. The van der Waals surface area contributed by atoms with Gasteiger partial charge in [0.15, 0.2) is 5.13 Å². The van der Waals surface area contributed by atoms with Gasteiger partial charge in [-0.2, -0.15) is 0 Å². The summed E-state index contributed by atoms with van der Waals surface area (Å²) in [7, 11) is 0. The van der Waals surface area contributed by atoms with E-state index in [1.54, 1.807) is 11.3 Å². The molecule has 172 valence electrons. The number of aromatic nitrogens is 1. The Balaban J connectivity index is 1.25. The summed E-state index contributed by atoms with van der Waals surface area (Å²) in [6, 6.07) is 0. The number of nitrogens with zero attached hydrogens (tertiary/aromatic N) is 4. The molecule has 0 unspecified atom stereocenters. The van der Waals surface area contributed by atoms with E-state index >= 15 is 0 Å². The summed E-state index contributed by atoms with van der Waals surface area (Å²) in [5.74, 6) is 0.511. The molecule has 0 spiro atoms. The molecule has 0 saturated carbocycles. The second-order valence-electron chi connectivity index (χ2n) is 9.02. The van der Waals surface area contributed by atoms with E-state index in [0.29, 0.717) is 6.54 Å². The van der Waals surface area contributed by atoms with E-state index in [9.17, 15) is 9.59 Å². The Hall–Kier alpha value is -1.71. The number of hydrogen-bond donors (Lipinski definition) is 1. The normalized spacial score (nSPS) is 22.5. The standard InChI is InChI=1S/C22H35N5O3S/c1-16(2)21(29)26-7-9-27(10-8-26)22-24-18-4-3-17(15-19(18)31-22)20(28)23-5-6-25-11-13-30-14-12-25/h16-17H,3-15H2,1-2H3,(H,23,28)/t17-/m1/s1. The van der Waals surface area contributed by atoms with E-state index in [4.69, 9.17) is 9.72 Å². The number of amides is 2. The van der Waals surface area contributed by atoms with Gasteiger partial charge in [0.25, 0.3) is 0 Å². The first-order valence-electron chi connectivity index (χ1n) is 11.6. The van der Waals surface area contributed by atoms with Gasteiger partial charge in [0.05, 0.1) is 18.9 Å². The molecule has 4 rings (SSSR count). The third-order valence-electron chi connectivity index (χ3n) is 6.49. The fraction of sp³-hybridized carbons (Fsp3) is 0.773. The molecule has 2 amide bonds. The van der Waals surface area contributed by atoms with E-state index in [0.717, 1.165) is 89.1 Å². The molecule has 2 fully saturated rings. The highest BCUT2D eigenvalue weighted by molar-refractivity contribution is 7.15. The van der Waals surface area contributed by atoms with Gasteiger partial charge in [0, 0.05) is 69.1 Å². The molecule has 2 aliphatic heterocycles. The Morgan fingerprint density at radius 2 is 1.90 bits per heavy atom. The van der Waals surface area contributed by atoms with Crippen LogP contribution >= 0.6 is 11.3 Å². The third kappa shape index (κ3) is 5.56. The Morgan fingerprint density at radius 1 is 1.16 bits per heavy atom. The largest absolute Gasteiger partial charge is 0.379 e. The summed E-state index contributed by atoms with van der Waals surface area (Å²) in [5, 5.41) is 4.19. The number of ether oxygens (including phenoxy) is 1. The fourth-order valence-corrected chi connectivity index (χ4v) is 5.75. The maximum atomic E-state index is 12.7. The predicted octanol–water partition coefficient (Wildman–Crippen LogP) is 1.00. The van der Waals surface area contributed by atoms with Gasteiger partial charge in [-0.05, 0) is 19.3 Å². The van der Waals surface area contributed by atoms with Gasteiger partial charge in [-0.1, -0.05) is 13.8 Å². The molecular formula is C22H35N5O3S. The van der Waals surface area contributed by atoms with Gasteiger partial charge in [0.2, 0.25) is 11.8 Å². The van der Waals surface area contributed by atoms with E-state index in [-0.39, 0.29) is 23.7 Å². The summed E-state index contributed by atoms with van der Waals surface area (Å²) >= 11 is 1.73. The van der Waals surface area contributed by atoms with E-state index in [2.05, 4.69) is 15.1 Å². The Kier molecular flexibility index (Phi) is 7.45. The number of carbonyl (C=O) groups is 2. The highest BCUT2D eigenvalue weighted by atomic mass is 32.1. The van der Waals surface area contributed by atoms with Crippen LogP contribution in [0.2, 0.25) is 0 Å². The number of thiazole rings is 1. The summed E-state index contributed by atoms with van der Waals surface area (Å²) in [6.07, 6.45) is 2.54. The van der Waals surface area contributed by atoms with Crippen LogP contribution in [0.3, 0.4) is 0 Å². The molecule has 31 heavy (non-hydrogen) atoms. The minimum atomic E-state index is 0.0472. The van der Waals surface area contributed by atoms with Crippen molar-refractivity contribution in [3.05, 3.63) is 10.6 Å². The number of aryl methyl sites for hydroxylation is 1. The lowest BCUT2D eigenvalue weighted by Crippen LogP contribution is -2.49. The van der Waals surface area contributed by atoms with Crippen molar-refractivity contribution in [3.63, 3.8) is 0 Å². The molecule has 3 aliphatic rings. The average molecular weight is 450 g/mol. The first kappa shape index (κ1) is 22.5. The van der Waals surface area contributed by atoms with Crippen LogP contribution in [-0.2, 0) is 27.2 Å². The van der Waals surface area contributed by atoms with Crippen molar-refractivity contribution in [2.24, 2.45) is 11.8 Å². The minimum absolute atomic E-state index is 0.0472. The molecule has 1 aliphatic carbocycles. The van der Waals surface area contributed by atoms with Crippen LogP contribution in [0.5, 0.6) is 0 Å². The molecule has 0 aromatic carbocycles. The van der Waals surface area contributed by atoms with E-state index in [1.165, 1.54) is 4.88 Å². The van der Waals surface area contributed by atoms with Crippen LogP contribution in [0.15, 0.2) is 0 Å². The Labute approximate surface area is 188 Å². The van der Waals surface area contributed by atoms with E-state index < -0.39 is 0 Å². The summed E-state index contributed by atoms with van der Waals surface area (Å²) in [5.41, 5.74) is 1.16. The van der Waals surface area contributed by atoms with Gasteiger partial charge in [-0.3, -0.25) is 14.5 Å². The van der Waals surface area contributed by atoms with Crippen LogP contribution in [0.1, 0.15) is 30.8 Å². The molecule has 0 radical (unpaired) electrons. The molecule has 8 nitrogen and oxygen atoms in total. The molecule has 1 aromatic heterocycles. The second kappa shape index (κ2) is 10.3. The minimum Gasteiger partial charge on any atom is -0.379 e. The number of rotatable bonds is 6. The van der Waals surface area contributed by atoms with Crippen molar-refractivity contribution in [2.75, 3.05) is 70.5 Å². The number of nitrogens with one attached hydrogen (secondary N) is 1. The fourth-order valence-electron chi connectivity index (χ4n) is 4.51. The zero-order chi connectivity index (χ0) is 21.8. The average Bonchev–Trinajstić information content (AvgIpc) is 3.22. The van der Waals surface area contributed by atoms with E-state index in [1.807, 2.05) is 18.7 Å². The van der Waals surface area contributed by atoms with Gasteiger partial charge >= 0.3 is 0 Å². The van der Waals surface area contributed by atoms with Crippen molar-refractivity contribution in [2.45, 2.75) is 33.1 Å². The SMILES string of the molecule is CC(C)C(=O)N1CCN(c2nc3c(s2)C[C@H](C(=O)NCCN2CCOCC2)CC3)CC1. The molecule has 1 N–H and O–H groups in total. The van der Waals surface area contributed by atoms with Crippen molar-refractivity contribution in [1.82, 2.24) is 20.1 Å². The predicted molar refractivity (Wildman–Crippen MR) is 122 cm³/mol. The maximum Gasteiger partial charge on any atom is 0.225 e. The van der Waals surface area contributed by atoms with Gasteiger partial charge in [0.1, 0.15) is 0 Å². The molecule has 9 heteroatoms. The maximum absolute atomic E-state index is 12.7. The van der Waals surface area contributed by atoms with Gasteiger partial charge in [-0.15, -0.1) is 11.3 Å². The lowest BCUT2D eigenvalue weighted by molar-refractivity contribution is -0.134. The van der Waals surface area contributed by atoms with Gasteiger partial charge in [-0.25, -0.2) is 4.98 Å². The highest BCUT2D eigenvalue weighted by Crippen LogP contribution is 2.34. The molecule has 2 saturated heterocycles. The number of fused-ring (bicyclic) bond motifs is 1. The number of piperazine rings is 1. The lowest BCUT2D eigenvalue weighted by atomic mass is 9.90. The number of hydrogen-bond acceptors (Lipinski definition) is 7. The van der Waals surface area contributed by atoms with Crippen molar-refractivity contribution in [3.8, 4) is 0 Å². The van der Waals surface area contributed by atoms with Crippen molar-refractivity contribution < 1.29 is 14.3 Å². The van der Waals surface area contributed by atoms with Crippen LogP contribution in [0.4, 0.5) is 5.13 Å². The molecule has 3 heterocycles. The topological polar surface area (TPSA) is 78.0 Å². The lowest BCUT2D eigenvalue weighted by Gasteiger charge is -2.35. The quantitative estimate of drug-likeness (QED) is 0.698. The number of morpholine rings is 1. The summed E-state index contributed by atoms with van der Waals surface area (Å²) < 4.78 is 5.37. The smallest absolute Gasteiger partial charge is 0.225 e. The van der Waals surface area contributed by atoms with Crippen LogP contribution in [-0.4, -0.2) is 92.2 Å². The van der Waals surface area contributed by atoms with Crippen LogP contribution in [0.25, 0.3) is 0 Å². The van der Waals surface area contributed by atoms with Crippen LogP contribution < -0.4 is 10.2 Å². The molecule has 1 atom stereocenters. The molecule has 1 aromatic rings. The van der Waals surface area contributed by atoms with Crippen LogP contribution in [0, 0.1) is 11.8 Å². The number of anilines is 1. The first-order valence-corrected chi connectivity index (χ1v) is 12.4. The number of carbonyl (C=O) groups excluding carboxylic acids is 2. The zero-order valence-corrected chi connectivity index (χ0v) is 19.6. The highest BCUT2D eigenvalue weighted by Gasteiger charge is 2.30. The Bertz CT molecular complexity index is 769. The van der Waals surface area contributed by atoms with Crippen molar-refractivity contribution >= 4 is 28.3 Å². The molecule has 0 bridgehead atoms.